The zero-order valence-corrected chi connectivity index (χ0v) is 10.9. The molecule has 1 aromatic rings. The summed E-state index contributed by atoms with van der Waals surface area (Å²) in [5.74, 6) is 0. The average Bonchev–Trinajstić information content (AvgIpc) is 2.20. The lowest BCUT2D eigenvalue weighted by Crippen LogP contribution is -1.70. The van der Waals surface area contributed by atoms with E-state index >= 15 is 0 Å². The van der Waals surface area contributed by atoms with Gasteiger partial charge in [-0.2, -0.15) is 0 Å². The predicted octanol–water partition coefficient (Wildman–Crippen LogP) is 5.00. The normalized spacial score (nSPS) is 9.50. The van der Waals surface area contributed by atoms with Crippen LogP contribution in [-0.4, -0.2) is 0 Å². The molecule has 0 amide bonds. The fourth-order valence-corrected chi connectivity index (χ4v) is 0.921. The van der Waals surface area contributed by atoms with Crippen LogP contribution in [0.3, 0.4) is 0 Å². The van der Waals surface area contributed by atoms with Gasteiger partial charge in [-0.1, -0.05) is 71.8 Å². The van der Waals surface area contributed by atoms with E-state index < -0.39 is 0 Å². The molecule has 0 aliphatic carbocycles. The quantitative estimate of drug-likeness (QED) is 0.608. The first-order valence-electron chi connectivity index (χ1n) is 5.44. The highest BCUT2D eigenvalue weighted by atomic mass is 13.9. The molecular formula is C16H22. The van der Waals surface area contributed by atoms with Gasteiger partial charge in [-0.15, -0.1) is 0 Å². The van der Waals surface area contributed by atoms with E-state index in [1.54, 1.807) is 0 Å². The van der Waals surface area contributed by atoms with Crippen molar-refractivity contribution in [2.45, 2.75) is 27.7 Å². The van der Waals surface area contributed by atoms with Gasteiger partial charge in [0.05, 0.1) is 0 Å². The van der Waals surface area contributed by atoms with Crippen molar-refractivity contribution < 1.29 is 0 Å². The number of hydrogen-bond donors (Lipinski definition) is 0. The maximum absolute atomic E-state index is 3.70. The molecule has 0 N–H and O–H groups in total. The Morgan fingerprint density at radius 2 is 1.06 bits per heavy atom. The van der Waals surface area contributed by atoms with Crippen LogP contribution in [-0.2, 0) is 0 Å². The Hall–Kier alpha value is -1.56. The van der Waals surface area contributed by atoms with Crippen LogP contribution in [0.25, 0.3) is 0 Å². The summed E-state index contributed by atoms with van der Waals surface area (Å²) in [7, 11) is 0. The number of benzene rings is 1. The predicted molar refractivity (Wildman–Crippen MR) is 74.7 cm³/mol. The zero-order chi connectivity index (χ0) is 12.6. The van der Waals surface area contributed by atoms with Crippen molar-refractivity contribution in [2.75, 3.05) is 0 Å². The third-order valence-corrected chi connectivity index (χ3v) is 1.87. The molecule has 0 spiro atoms. The minimum Gasteiger partial charge on any atom is -0.0961 e. The highest BCUT2D eigenvalue weighted by Gasteiger charge is 1.79. The number of aryl methyl sites for hydroxylation is 2. The van der Waals surface area contributed by atoms with Crippen LogP contribution in [0.2, 0.25) is 0 Å². The van der Waals surface area contributed by atoms with Gasteiger partial charge < -0.3 is 0 Å². The van der Waals surface area contributed by atoms with Crippen LogP contribution in [0.4, 0.5) is 0 Å². The van der Waals surface area contributed by atoms with Crippen molar-refractivity contribution in [2.24, 2.45) is 0 Å². The Labute approximate surface area is 100 Å². The summed E-state index contributed by atoms with van der Waals surface area (Å²) in [6.07, 6.45) is 3.89. The van der Waals surface area contributed by atoms with E-state index in [2.05, 4.69) is 51.3 Å². The minimum absolute atomic E-state index is 1.06. The van der Waals surface area contributed by atoms with Gasteiger partial charge in [0.25, 0.3) is 0 Å². The summed E-state index contributed by atoms with van der Waals surface area (Å²) in [6.45, 7) is 15.5. The van der Waals surface area contributed by atoms with Gasteiger partial charge in [-0.3, -0.25) is 0 Å². The molecule has 0 radical (unpaired) electrons. The molecular weight excluding hydrogens is 192 g/mol. The lowest BCUT2D eigenvalue weighted by Gasteiger charge is -1.90. The third-order valence-electron chi connectivity index (χ3n) is 1.87. The smallest absolute Gasteiger partial charge is 0.0398 e. The standard InChI is InChI=1S/C8H10.C8H12/c1-7-3-5-8(2)6-4-7;1-7(2)5-6-8(3)4/h3-6H,1-2H3;5-6H,1,3H2,2,4H3/b;6-5-. The highest BCUT2D eigenvalue weighted by Crippen LogP contribution is 1.99. The topological polar surface area (TPSA) is 0 Å². The molecule has 1 rings (SSSR count). The fourth-order valence-electron chi connectivity index (χ4n) is 0.921. The fraction of sp³-hybridized carbons (Fsp3) is 0.250. The second-order valence-electron chi connectivity index (χ2n) is 4.18. The molecule has 1 aromatic carbocycles. The van der Waals surface area contributed by atoms with Crippen LogP contribution < -0.4 is 0 Å². The zero-order valence-electron chi connectivity index (χ0n) is 10.9. The molecule has 0 saturated heterocycles. The highest BCUT2D eigenvalue weighted by molar-refractivity contribution is 5.21. The molecule has 0 nitrogen and oxygen atoms in total. The van der Waals surface area contributed by atoms with E-state index in [9.17, 15) is 0 Å². The molecule has 0 aliphatic rings. The lowest BCUT2D eigenvalue weighted by molar-refractivity contribution is 1.40. The average molecular weight is 214 g/mol. The molecule has 86 valence electrons. The van der Waals surface area contributed by atoms with E-state index in [0.717, 1.165) is 11.1 Å². The van der Waals surface area contributed by atoms with Crippen LogP contribution in [0.15, 0.2) is 60.7 Å². The van der Waals surface area contributed by atoms with E-state index in [4.69, 9.17) is 0 Å². The molecule has 0 bridgehead atoms. The van der Waals surface area contributed by atoms with Gasteiger partial charge in [-0.05, 0) is 27.7 Å². The molecule has 0 heteroatoms. The first kappa shape index (κ1) is 14.4. The Morgan fingerprint density at radius 3 is 1.25 bits per heavy atom. The van der Waals surface area contributed by atoms with Gasteiger partial charge >= 0.3 is 0 Å². The molecule has 0 saturated carbocycles. The monoisotopic (exact) mass is 214 g/mol. The molecule has 0 aliphatic heterocycles. The van der Waals surface area contributed by atoms with Crippen molar-refractivity contribution in [1.82, 2.24) is 0 Å². The Kier molecular flexibility index (Phi) is 6.95. The maximum Gasteiger partial charge on any atom is -0.0398 e. The van der Waals surface area contributed by atoms with Crippen LogP contribution >= 0.6 is 0 Å². The maximum atomic E-state index is 3.70. The lowest BCUT2D eigenvalue weighted by atomic mass is 10.2. The summed E-state index contributed by atoms with van der Waals surface area (Å²) in [5.41, 5.74) is 4.78. The number of allylic oxidation sites excluding steroid dienone is 4. The van der Waals surface area contributed by atoms with Gasteiger partial charge in [0.1, 0.15) is 0 Å². The van der Waals surface area contributed by atoms with Gasteiger partial charge in [0.15, 0.2) is 0 Å². The molecule has 0 aromatic heterocycles. The van der Waals surface area contributed by atoms with Crippen molar-refractivity contribution in [1.29, 1.82) is 0 Å². The molecule has 0 unspecified atom stereocenters. The SMILES string of the molecule is C=C(C)/C=C\C(=C)C.Cc1ccc(C)cc1. The Balaban J connectivity index is 0.000000281. The van der Waals surface area contributed by atoms with Crippen molar-refractivity contribution in [3.05, 3.63) is 71.8 Å². The summed E-state index contributed by atoms with van der Waals surface area (Å²) in [5, 5.41) is 0. The first-order chi connectivity index (χ1) is 7.41. The summed E-state index contributed by atoms with van der Waals surface area (Å²) >= 11 is 0. The summed E-state index contributed by atoms with van der Waals surface area (Å²) < 4.78 is 0. The largest absolute Gasteiger partial charge is 0.0961 e. The number of rotatable bonds is 2. The summed E-state index contributed by atoms with van der Waals surface area (Å²) in [6, 6.07) is 8.48. The van der Waals surface area contributed by atoms with E-state index in [1.807, 2.05) is 26.0 Å². The second-order valence-corrected chi connectivity index (χ2v) is 4.18. The van der Waals surface area contributed by atoms with Gasteiger partial charge in [0.2, 0.25) is 0 Å². The Bertz CT molecular complexity index is 327. The Morgan fingerprint density at radius 1 is 0.812 bits per heavy atom. The molecule has 0 atom stereocenters. The molecule has 0 heterocycles. The second kappa shape index (κ2) is 7.70. The van der Waals surface area contributed by atoms with E-state index in [0.29, 0.717) is 0 Å². The van der Waals surface area contributed by atoms with Gasteiger partial charge in [0, 0.05) is 0 Å². The van der Waals surface area contributed by atoms with Crippen molar-refractivity contribution in [3.8, 4) is 0 Å². The van der Waals surface area contributed by atoms with Crippen LogP contribution in [0.5, 0.6) is 0 Å². The van der Waals surface area contributed by atoms with Crippen LogP contribution in [0, 0.1) is 13.8 Å². The summed E-state index contributed by atoms with van der Waals surface area (Å²) in [4.78, 5) is 0. The van der Waals surface area contributed by atoms with Crippen molar-refractivity contribution >= 4 is 0 Å². The number of hydrogen-bond acceptors (Lipinski definition) is 0. The first-order valence-corrected chi connectivity index (χ1v) is 5.44. The molecule has 16 heavy (non-hydrogen) atoms. The van der Waals surface area contributed by atoms with E-state index in [-0.39, 0.29) is 0 Å². The van der Waals surface area contributed by atoms with Crippen molar-refractivity contribution in [3.63, 3.8) is 0 Å². The van der Waals surface area contributed by atoms with Crippen LogP contribution in [0.1, 0.15) is 25.0 Å². The van der Waals surface area contributed by atoms with E-state index in [1.165, 1.54) is 11.1 Å². The molecule has 0 fully saturated rings. The van der Waals surface area contributed by atoms with Gasteiger partial charge in [-0.25, -0.2) is 0 Å². The third kappa shape index (κ3) is 9.01. The minimum atomic E-state index is 1.06.